The van der Waals surface area contributed by atoms with Crippen molar-refractivity contribution >= 4 is 0 Å². The second kappa shape index (κ2) is 6.30. The van der Waals surface area contributed by atoms with E-state index in [9.17, 15) is 0 Å². The molecule has 3 aromatic rings. The Labute approximate surface area is 128 Å². The zero-order valence-corrected chi connectivity index (χ0v) is 12.4. The number of para-hydroxylation sites is 1. The molecule has 0 fully saturated rings. The van der Waals surface area contributed by atoms with Crippen LogP contribution in [0.15, 0.2) is 53.1 Å². The number of benzene rings is 2. The maximum Gasteiger partial charge on any atom is 0.261 e. The Morgan fingerprint density at radius 3 is 2.45 bits per heavy atom. The van der Waals surface area contributed by atoms with Crippen molar-refractivity contribution in [3.05, 3.63) is 59.9 Å². The third-order valence-electron chi connectivity index (χ3n) is 3.33. The molecule has 112 valence electrons. The van der Waals surface area contributed by atoms with Gasteiger partial charge in [-0.2, -0.15) is 4.98 Å². The Hall–Kier alpha value is -2.82. The molecular weight excluding hydrogens is 280 g/mol. The molecule has 22 heavy (non-hydrogen) atoms. The molecule has 1 aromatic heterocycles. The Bertz CT molecular complexity index is 751. The van der Waals surface area contributed by atoms with Crippen LogP contribution in [-0.2, 0) is 6.42 Å². The quantitative estimate of drug-likeness (QED) is 0.722. The Balaban J connectivity index is 1.81. The fraction of sp³-hybridized carbons (Fsp3) is 0.176. The molecule has 0 spiro atoms. The van der Waals surface area contributed by atoms with Crippen LogP contribution in [0.2, 0.25) is 0 Å². The Morgan fingerprint density at radius 1 is 0.955 bits per heavy atom. The first kappa shape index (κ1) is 14.1. The van der Waals surface area contributed by atoms with E-state index in [0.717, 1.165) is 16.9 Å². The van der Waals surface area contributed by atoms with Crippen molar-refractivity contribution in [2.75, 3.05) is 14.2 Å². The minimum absolute atomic E-state index is 0.459. The topological polar surface area (TPSA) is 57.4 Å². The maximum absolute atomic E-state index is 5.34. The van der Waals surface area contributed by atoms with E-state index in [2.05, 4.69) is 10.1 Å². The molecule has 0 bridgehead atoms. The predicted octanol–water partition coefficient (Wildman–Crippen LogP) is 3.34. The molecule has 5 nitrogen and oxygen atoms in total. The van der Waals surface area contributed by atoms with Crippen molar-refractivity contribution in [2.24, 2.45) is 0 Å². The second-order valence-corrected chi connectivity index (χ2v) is 4.74. The third-order valence-corrected chi connectivity index (χ3v) is 3.33. The van der Waals surface area contributed by atoms with Crippen molar-refractivity contribution in [2.45, 2.75) is 6.42 Å². The van der Waals surface area contributed by atoms with Gasteiger partial charge in [-0.25, -0.2) is 0 Å². The van der Waals surface area contributed by atoms with E-state index in [1.807, 2.05) is 48.5 Å². The van der Waals surface area contributed by atoms with Gasteiger partial charge >= 0.3 is 0 Å². The average Bonchev–Trinajstić information content (AvgIpc) is 3.04. The molecule has 1 heterocycles. The van der Waals surface area contributed by atoms with Gasteiger partial charge in [0.25, 0.3) is 5.89 Å². The zero-order valence-electron chi connectivity index (χ0n) is 12.4. The molecule has 0 saturated carbocycles. The predicted molar refractivity (Wildman–Crippen MR) is 82.1 cm³/mol. The summed E-state index contributed by atoms with van der Waals surface area (Å²) in [6.45, 7) is 0. The van der Waals surface area contributed by atoms with E-state index in [0.29, 0.717) is 23.9 Å². The highest BCUT2D eigenvalue weighted by Crippen LogP contribution is 2.28. The molecule has 0 radical (unpaired) electrons. The van der Waals surface area contributed by atoms with Gasteiger partial charge in [-0.1, -0.05) is 29.4 Å². The maximum atomic E-state index is 5.34. The molecule has 0 aliphatic rings. The largest absolute Gasteiger partial charge is 0.497 e. The number of nitrogens with zero attached hydrogens (tertiary/aromatic N) is 2. The first-order chi connectivity index (χ1) is 10.8. The van der Waals surface area contributed by atoms with E-state index in [1.54, 1.807) is 14.2 Å². The number of rotatable bonds is 5. The van der Waals surface area contributed by atoms with Crippen LogP contribution in [0.1, 0.15) is 11.4 Å². The lowest BCUT2D eigenvalue weighted by atomic mass is 10.1. The lowest BCUT2D eigenvalue weighted by molar-refractivity contribution is 0.403. The Morgan fingerprint density at radius 2 is 1.73 bits per heavy atom. The van der Waals surface area contributed by atoms with E-state index < -0.39 is 0 Å². The summed E-state index contributed by atoms with van der Waals surface area (Å²) in [6.07, 6.45) is 0.600. The molecule has 0 aliphatic carbocycles. The molecule has 0 atom stereocenters. The van der Waals surface area contributed by atoms with Crippen LogP contribution < -0.4 is 9.47 Å². The van der Waals surface area contributed by atoms with Crippen molar-refractivity contribution in [3.8, 4) is 23.0 Å². The number of hydrogen-bond acceptors (Lipinski definition) is 5. The van der Waals surface area contributed by atoms with Crippen LogP contribution in [0, 0.1) is 0 Å². The van der Waals surface area contributed by atoms with Crippen LogP contribution in [0.5, 0.6) is 11.5 Å². The van der Waals surface area contributed by atoms with E-state index in [1.165, 1.54) is 0 Å². The summed E-state index contributed by atoms with van der Waals surface area (Å²) in [7, 11) is 3.27. The van der Waals surface area contributed by atoms with Gasteiger partial charge in [-0.05, 0) is 29.8 Å². The van der Waals surface area contributed by atoms with Gasteiger partial charge in [0.1, 0.15) is 11.5 Å². The first-order valence-corrected chi connectivity index (χ1v) is 6.89. The Kier molecular flexibility index (Phi) is 4.05. The van der Waals surface area contributed by atoms with Crippen LogP contribution >= 0.6 is 0 Å². The van der Waals surface area contributed by atoms with E-state index >= 15 is 0 Å². The number of aromatic nitrogens is 2. The van der Waals surface area contributed by atoms with Crippen molar-refractivity contribution in [1.29, 1.82) is 0 Å². The summed E-state index contributed by atoms with van der Waals surface area (Å²) in [4.78, 5) is 4.44. The van der Waals surface area contributed by atoms with Crippen molar-refractivity contribution < 1.29 is 14.0 Å². The molecule has 0 saturated heterocycles. The van der Waals surface area contributed by atoms with Gasteiger partial charge in [0.15, 0.2) is 5.82 Å². The third kappa shape index (κ3) is 2.93. The summed E-state index contributed by atoms with van der Waals surface area (Å²) in [6, 6.07) is 15.4. The molecule has 5 heteroatoms. The second-order valence-electron chi connectivity index (χ2n) is 4.74. The monoisotopic (exact) mass is 296 g/mol. The minimum Gasteiger partial charge on any atom is -0.497 e. The molecule has 3 rings (SSSR count). The van der Waals surface area contributed by atoms with Crippen LogP contribution in [0.25, 0.3) is 11.5 Å². The van der Waals surface area contributed by atoms with Gasteiger partial charge < -0.3 is 14.0 Å². The molecule has 0 aliphatic heterocycles. The number of methoxy groups -OCH3 is 2. The lowest BCUT2D eigenvalue weighted by Crippen LogP contribution is -1.92. The summed E-state index contributed by atoms with van der Waals surface area (Å²) in [5, 5.41) is 4.03. The van der Waals surface area contributed by atoms with Crippen molar-refractivity contribution in [1.82, 2.24) is 10.1 Å². The fourth-order valence-electron chi connectivity index (χ4n) is 2.18. The first-order valence-electron chi connectivity index (χ1n) is 6.89. The molecular formula is C17H16N2O3. The minimum atomic E-state index is 0.459. The fourth-order valence-corrected chi connectivity index (χ4v) is 2.18. The SMILES string of the molecule is COc1ccc(Cc2noc(-c3ccccc3OC)n2)cc1. The normalized spacial score (nSPS) is 10.5. The average molecular weight is 296 g/mol. The summed E-state index contributed by atoms with van der Waals surface area (Å²) in [5.74, 6) is 2.63. The smallest absolute Gasteiger partial charge is 0.261 e. The van der Waals surface area contributed by atoms with E-state index in [-0.39, 0.29) is 0 Å². The van der Waals surface area contributed by atoms with Gasteiger partial charge in [0.05, 0.1) is 19.8 Å². The number of ether oxygens (including phenoxy) is 2. The molecule has 0 N–H and O–H groups in total. The molecule has 2 aromatic carbocycles. The van der Waals surface area contributed by atoms with Gasteiger partial charge in [0, 0.05) is 6.42 Å². The van der Waals surface area contributed by atoms with E-state index in [4.69, 9.17) is 14.0 Å². The summed E-state index contributed by atoms with van der Waals surface area (Å²) < 4.78 is 15.8. The summed E-state index contributed by atoms with van der Waals surface area (Å²) >= 11 is 0. The van der Waals surface area contributed by atoms with Gasteiger partial charge in [0.2, 0.25) is 0 Å². The molecule has 0 amide bonds. The highest BCUT2D eigenvalue weighted by molar-refractivity contribution is 5.62. The van der Waals surface area contributed by atoms with Gasteiger partial charge in [-0.15, -0.1) is 0 Å². The highest BCUT2D eigenvalue weighted by atomic mass is 16.5. The van der Waals surface area contributed by atoms with Crippen molar-refractivity contribution in [3.63, 3.8) is 0 Å². The standard InChI is InChI=1S/C17H16N2O3/c1-20-13-9-7-12(8-10-13)11-16-18-17(22-19-16)14-5-3-4-6-15(14)21-2/h3-10H,11H2,1-2H3. The van der Waals surface area contributed by atoms with Gasteiger partial charge in [-0.3, -0.25) is 0 Å². The van der Waals surface area contributed by atoms with Crippen LogP contribution in [0.3, 0.4) is 0 Å². The molecule has 0 unspecified atom stereocenters. The van der Waals surface area contributed by atoms with Crippen LogP contribution in [-0.4, -0.2) is 24.4 Å². The lowest BCUT2D eigenvalue weighted by Gasteiger charge is -2.03. The summed E-state index contributed by atoms with van der Waals surface area (Å²) in [5.41, 5.74) is 1.88. The zero-order chi connectivity index (χ0) is 15.4. The van der Waals surface area contributed by atoms with Crippen LogP contribution in [0.4, 0.5) is 0 Å². The highest BCUT2D eigenvalue weighted by Gasteiger charge is 2.13. The number of hydrogen-bond donors (Lipinski definition) is 0.